The van der Waals surface area contributed by atoms with Crippen molar-refractivity contribution < 1.29 is 23.9 Å². The Hall–Kier alpha value is -3.46. The van der Waals surface area contributed by atoms with E-state index in [4.69, 9.17) is 32.7 Å². The number of halogens is 2. The molecule has 3 aromatic rings. The van der Waals surface area contributed by atoms with E-state index in [2.05, 4.69) is 5.32 Å². The Bertz CT molecular complexity index is 1410. The van der Waals surface area contributed by atoms with Gasteiger partial charge in [0.1, 0.15) is 0 Å². The fraction of sp³-hybridized carbons (Fsp3) is 0.148. The second kappa shape index (κ2) is 11.7. The van der Waals surface area contributed by atoms with Gasteiger partial charge in [-0.3, -0.25) is 19.3 Å². The smallest absolute Gasteiger partial charge is 0.293 e. The van der Waals surface area contributed by atoms with Gasteiger partial charge in [0.05, 0.1) is 18.6 Å². The Kier molecular flexibility index (Phi) is 8.43. The van der Waals surface area contributed by atoms with E-state index in [9.17, 15) is 14.4 Å². The number of rotatable bonds is 8. The summed E-state index contributed by atoms with van der Waals surface area (Å²) in [6.07, 6.45) is 1.60. The minimum atomic E-state index is -0.423. The summed E-state index contributed by atoms with van der Waals surface area (Å²) in [4.78, 5) is 39.2. The number of aryl methyl sites for hydroxylation is 1. The lowest BCUT2D eigenvalue weighted by Crippen LogP contribution is -2.27. The molecule has 1 heterocycles. The molecule has 0 aliphatic carbocycles. The topological polar surface area (TPSA) is 84.9 Å². The van der Waals surface area contributed by atoms with Crippen molar-refractivity contribution in [3.8, 4) is 11.5 Å². The quantitative estimate of drug-likeness (QED) is 0.316. The molecule has 0 saturated carbocycles. The van der Waals surface area contributed by atoms with Crippen molar-refractivity contribution in [1.82, 2.24) is 4.90 Å². The van der Waals surface area contributed by atoms with Gasteiger partial charge in [0.2, 0.25) is 0 Å². The molecule has 0 bridgehead atoms. The second-order valence-corrected chi connectivity index (χ2v) is 9.90. The molecular formula is C27H22Cl2N2O5S. The van der Waals surface area contributed by atoms with Gasteiger partial charge in [-0.1, -0.05) is 53.5 Å². The third-order valence-corrected chi connectivity index (χ3v) is 6.97. The van der Waals surface area contributed by atoms with E-state index in [0.29, 0.717) is 38.4 Å². The van der Waals surface area contributed by atoms with E-state index >= 15 is 0 Å². The average molecular weight is 557 g/mol. The van der Waals surface area contributed by atoms with Crippen LogP contribution in [0.15, 0.2) is 65.6 Å². The van der Waals surface area contributed by atoms with Crippen LogP contribution in [0.25, 0.3) is 6.08 Å². The number of carbonyl (C=O) groups is 3. The molecular weight excluding hydrogens is 535 g/mol. The predicted octanol–water partition coefficient (Wildman–Crippen LogP) is 6.56. The molecule has 0 spiro atoms. The lowest BCUT2D eigenvalue weighted by molar-refractivity contribution is -0.123. The van der Waals surface area contributed by atoms with Crippen LogP contribution < -0.4 is 14.8 Å². The van der Waals surface area contributed by atoms with Crippen molar-refractivity contribution in [2.24, 2.45) is 0 Å². The van der Waals surface area contributed by atoms with Gasteiger partial charge in [-0.05, 0) is 71.8 Å². The molecule has 0 radical (unpaired) electrons. The van der Waals surface area contributed by atoms with Crippen LogP contribution in [-0.4, -0.2) is 35.7 Å². The molecule has 4 rings (SSSR count). The molecule has 3 amide bonds. The first-order valence-corrected chi connectivity index (χ1v) is 12.7. The molecule has 0 unspecified atom stereocenters. The Labute approximate surface area is 228 Å². The highest BCUT2D eigenvalue weighted by molar-refractivity contribution is 8.18. The van der Waals surface area contributed by atoms with E-state index in [1.54, 1.807) is 42.5 Å². The van der Waals surface area contributed by atoms with Crippen molar-refractivity contribution in [2.75, 3.05) is 19.0 Å². The number of hydrogen-bond acceptors (Lipinski definition) is 6. The summed E-state index contributed by atoms with van der Waals surface area (Å²) in [5, 5.41) is 3.26. The first-order chi connectivity index (χ1) is 17.7. The summed E-state index contributed by atoms with van der Waals surface area (Å²) in [6, 6.07) is 17.4. The standard InChI is InChI=1S/C27H22Cl2N2O5S/c1-16-5-3-4-6-21(16)30-25(32)15-36-22-10-7-17(11-23(22)35-2)12-24-26(33)31(27(34)37-24)14-18-8-9-19(28)13-20(18)29/h3-13H,14-15H2,1-2H3,(H,30,32)/b24-12-. The number of hydrogen-bond donors (Lipinski definition) is 1. The predicted molar refractivity (Wildman–Crippen MR) is 146 cm³/mol. The fourth-order valence-corrected chi connectivity index (χ4v) is 4.85. The van der Waals surface area contributed by atoms with Crippen molar-refractivity contribution in [1.29, 1.82) is 0 Å². The fourth-order valence-electron chi connectivity index (χ4n) is 3.54. The van der Waals surface area contributed by atoms with Crippen LogP contribution in [0, 0.1) is 6.92 Å². The van der Waals surface area contributed by atoms with Crippen molar-refractivity contribution in [3.63, 3.8) is 0 Å². The molecule has 37 heavy (non-hydrogen) atoms. The van der Waals surface area contributed by atoms with E-state index in [-0.39, 0.29) is 24.0 Å². The van der Waals surface area contributed by atoms with Crippen LogP contribution in [-0.2, 0) is 16.1 Å². The molecule has 1 fully saturated rings. The molecule has 0 aromatic heterocycles. The van der Waals surface area contributed by atoms with Gasteiger partial charge in [-0.15, -0.1) is 0 Å². The van der Waals surface area contributed by atoms with E-state index < -0.39 is 11.1 Å². The second-order valence-electron chi connectivity index (χ2n) is 8.07. The van der Waals surface area contributed by atoms with Gasteiger partial charge >= 0.3 is 0 Å². The monoisotopic (exact) mass is 556 g/mol. The number of anilines is 1. The third-order valence-electron chi connectivity index (χ3n) is 5.48. The number of imide groups is 1. The molecule has 3 aromatic carbocycles. The first kappa shape index (κ1) is 26.6. The number of carbonyl (C=O) groups excluding carboxylic acids is 3. The SMILES string of the molecule is COc1cc(/C=C2\SC(=O)N(Cc3ccc(Cl)cc3Cl)C2=O)ccc1OCC(=O)Nc1ccccc1C. The van der Waals surface area contributed by atoms with Gasteiger partial charge in [0.15, 0.2) is 18.1 Å². The van der Waals surface area contributed by atoms with Crippen molar-refractivity contribution >= 4 is 63.8 Å². The number of nitrogens with zero attached hydrogens (tertiary/aromatic N) is 1. The lowest BCUT2D eigenvalue weighted by atomic mass is 10.1. The summed E-state index contributed by atoms with van der Waals surface area (Å²) in [6.45, 7) is 1.73. The van der Waals surface area contributed by atoms with Crippen molar-refractivity contribution in [3.05, 3.63) is 92.3 Å². The first-order valence-electron chi connectivity index (χ1n) is 11.1. The van der Waals surface area contributed by atoms with Crippen LogP contribution >= 0.6 is 35.0 Å². The van der Waals surface area contributed by atoms with Gasteiger partial charge < -0.3 is 14.8 Å². The highest BCUT2D eigenvalue weighted by Crippen LogP contribution is 2.36. The number of para-hydroxylation sites is 1. The molecule has 0 atom stereocenters. The van der Waals surface area contributed by atoms with Crippen LogP contribution in [0.5, 0.6) is 11.5 Å². The minimum absolute atomic E-state index is 0.0404. The maximum Gasteiger partial charge on any atom is 0.293 e. The average Bonchev–Trinajstić information content (AvgIpc) is 3.13. The zero-order chi connectivity index (χ0) is 26.5. The van der Waals surface area contributed by atoms with Gasteiger partial charge in [0, 0.05) is 15.7 Å². The Morgan fingerprint density at radius 2 is 1.84 bits per heavy atom. The van der Waals surface area contributed by atoms with E-state index in [1.807, 2.05) is 31.2 Å². The van der Waals surface area contributed by atoms with E-state index in [0.717, 1.165) is 22.2 Å². The molecule has 190 valence electrons. The normalized spacial score (nSPS) is 14.3. The van der Waals surface area contributed by atoms with Crippen LogP contribution in [0.3, 0.4) is 0 Å². The third kappa shape index (κ3) is 6.46. The molecule has 1 N–H and O–H groups in total. The molecule has 10 heteroatoms. The van der Waals surface area contributed by atoms with Crippen LogP contribution in [0.2, 0.25) is 10.0 Å². The Balaban J connectivity index is 1.43. The van der Waals surface area contributed by atoms with Gasteiger partial charge in [0.25, 0.3) is 17.1 Å². The highest BCUT2D eigenvalue weighted by Gasteiger charge is 2.35. The number of thioether (sulfide) groups is 1. The zero-order valence-electron chi connectivity index (χ0n) is 19.9. The van der Waals surface area contributed by atoms with Gasteiger partial charge in [-0.2, -0.15) is 0 Å². The summed E-state index contributed by atoms with van der Waals surface area (Å²) < 4.78 is 11.1. The van der Waals surface area contributed by atoms with Crippen LogP contribution in [0.4, 0.5) is 10.5 Å². The summed E-state index contributed by atoms with van der Waals surface area (Å²) in [5.74, 6) is 0.0118. The number of benzene rings is 3. The summed E-state index contributed by atoms with van der Waals surface area (Å²) in [5.41, 5.74) is 2.90. The summed E-state index contributed by atoms with van der Waals surface area (Å²) in [7, 11) is 1.48. The summed E-state index contributed by atoms with van der Waals surface area (Å²) >= 11 is 13.0. The number of nitrogens with one attached hydrogen (secondary N) is 1. The number of methoxy groups -OCH3 is 1. The lowest BCUT2D eigenvalue weighted by Gasteiger charge is -2.14. The van der Waals surface area contributed by atoms with Crippen molar-refractivity contribution in [2.45, 2.75) is 13.5 Å². The highest BCUT2D eigenvalue weighted by atomic mass is 35.5. The van der Waals surface area contributed by atoms with Crippen LogP contribution in [0.1, 0.15) is 16.7 Å². The zero-order valence-corrected chi connectivity index (χ0v) is 22.2. The number of ether oxygens (including phenoxy) is 2. The molecule has 1 aliphatic rings. The molecule has 1 aliphatic heterocycles. The maximum absolute atomic E-state index is 12.9. The Morgan fingerprint density at radius 3 is 2.57 bits per heavy atom. The molecule has 7 nitrogen and oxygen atoms in total. The van der Waals surface area contributed by atoms with E-state index in [1.165, 1.54) is 7.11 Å². The minimum Gasteiger partial charge on any atom is -0.493 e. The Morgan fingerprint density at radius 1 is 1.05 bits per heavy atom. The largest absolute Gasteiger partial charge is 0.493 e. The number of amides is 3. The maximum atomic E-state index is 12.9. The van der Waals surface area contributed by atoms with Gasteiger partial charge in [-0.25, -0.2) is 0 Å². The molecule has 1 saturated heterocycles.